The van der Waals surface area contributed by atoms with Crippen LogP contribution in [0.5, 0.6) is 5.75 Å². The number of nitrogens with one attached hydrogen (secondary N) is 1. The summed E-state index contributed by atoms with van der Waals surface area (Å²) in [5.74, 6) is 0.162. The fraction of sp³-hybridized carbons (Fsp3) is 0.250. The smallest absolute Gasteiger partial charge is 0.261 e. The van der Waals surface area contributed by atoms with Crippen LogP contribution < -0.4 is 10.1 Å². The molecule has 0 spiro atoms. The standard InChI is InChI=1S/C20H21N3O2S/c1-25-18-11-6-5-10-17(18)19(24)22-20(26)23(14-7-13-21)15-12-16-8-3-2-4-9-16/h2-6,8-11H,7,12,14-15H2,1H3,(H,22,24,26). The topological polar surface area (TPSA) is 65.4 Å². The van der Waals surface area contributed by atoms with Crippen molar-refractivity contribution < 1.29 is 9.53 Å². The van der Waals surface area contributed by atoms with Crippen molar-refractivity contribution in [3.05, 3.63) is 65.7 Å². The molecule has 0 radical (unpaired) electrons. The second kappa shape index (κ2) is 10.2. The third kappa shape index (κ3) is 5.57. The lowest BCUT2D eigenvalue weighted by atomic mass is 10.1. The Morgan fingerprint density at radius 3 is 2.54 bits per heavy atom. The van der Waals surface area contributed by atoms with Crippen LogP contribution in [0.4, 0.5) is 0 Å². The van der Waals surface area contributed by atoms with E-state index in [1.165, 1.54) is 12.7 Å². The maximum absolute atomic E-state index is 12.5. The van der Waals surface area contributed by atoms with E-state index in [0.29, 0.717) is 35.9 Å². The van der Waals surface area contributed by atoms with E-state index in [0.717, 1.165) is 6.42 Å². The van der Waals surface area contributed by atoms with E-state index >= 15 is 0 Å². The second-order valence-corrected chi connectivity index (χ2v) is 5.98. The summed E-state index contributed by atoms with van der Waals surface area (Å²) in [5.41, 5.74) is 1.59. The molecule has 0 heterocycles. The summed E-state index contributed by atoms with van der Waals surface area (Å²) in [6.07, 6.45) is 1.11. The number of methoxy groups -OCH3 is 1. The molecule has 2 aromatic carbocycles. The van der Waals surface area contributed by atoms with Crippen molar-refractivity contribution in [2.75, 3.05) is 20.2 Å². The molecule has 1 N–H and O–H groups in total. The number of nitrogens with zero attached hydrogens (tertiary/aromatic N) is 2. The SMILES string of the molecule is COc1ccccc1C(=O)NC(=S)N(CCC#N)CCc1ccccc1. The number of benzene rings is 2. The van der Waals surface area contributed by atoms with Crippen LogP contribution in [0.3, 0.4) is 0 Å². The summed E-state index contributed by atoms with van der Waals surface area (Å²) < 4.78 is 5.22. The van der Waals surface area contributed by atoms with E-state index in [9.17, 15) is 4.79 Å². The molecular formula is C20H21N3O2S. The zero-order valence-electron chi connectivity index (χ0n) is 14.6. The molecule has 6 heteroatoms. The van der Waals surface area contributed by atoms with Crippen LogP contribution in [0.1, 0.15) is 22.3 Å². The third-order valence-corrected chi connectivity index (χ3v) is 4.23. The molecule has 0 aliphatic rings. The third-order valence-electron chi connectivity index (χ3n) is 3.87. The van der Waals surface area contributed by atoms with Crippen molar-refractivity contribution >= 4 is 23.2 Å². The number of amides is 1. The molecule has 0 saturated carbocycles. The van der Waals surface area contributed by atoms with Gasteiger partial charge in [0.1, 0.15) is 5.75 Å². The van der Waals surface area contributed by atoms with Gasteiger partial charge in [-0.25, -0.2) is 0 Å². The maximum atomic E-state index is 12.5. The lowest BCUT2D eigenvalue weighted by molar-refractivity contribution is 0.0970. The van der Waals surface area contributed by atoms with E-state index in [4.69, 9.17) is 22.2 Å². The quantitative estimate of drug-likeness (QED) is 0.762. The zero-order chi connectivity index (χ0) is 18.8. The Morgan fingerprint density at radius 2 is 1.85 bits per heavy atom. The number of ether oxygens (including phenoxy) is 1. The number of hydrogen-bond donors (Lipinski definition) is 1. The van der Waals surface area contributed by atoms with Gasteiger partial charge in [0, 0.05) is 13.1 Å². The molecule has 0 bridgehead atoms. The van der Waals surface area contributed by atoms with Crippen molar-refractivity contribution in [1.29, 1.82) is 5.26 Å². The number of para-hydroxylation sites is 1. The van der Waals surface area contributed by atoms with Gasteiger partial charge in [-0.3, -0.25) is 10.1 Å². The summed E-state index contributed by atoms with van der Waals surface area (Å²) in [5, 5.41) is 11.9. The van der Waals surface area contributed by atoms with E-state index in [1.54, 1.807) is 24.3 Å². The van der Waals surface area contributed by atoms with E-state index in [1.807, 2.05) is 35.2 Å². The largest absolute Gasteiger partial charge is 0.496 e. The molecule has 0 unspecified atom stereocenters. The summed E-state index contributed by atoms with van der Waals surface area (Å²) in [4.78, 5) is 14.4. The van der Waals surface area contributed by atoms with Crippen molar-refractivity contribution in [3.63, 3.8) is 0 Å². The molecule has 0 fully saturated rings. The van der Waals surface area contributed by atoms with Crippen LogP contribution in [0, 0.1) is 11.3 Å². The molecule has 0 saturated heterocycles. The Hall–Kier alpha value is -2.91. The average Bonchev–Trinajstić information content (AvgIpc) is 2.68. The first-order valence-electron chi connectivity index (χ1n) is 8.30. The molecule has 0 aromatic heterocycles. The van der Waals surface area contributed by atoms with Gasteiger partial charge in [-0.1, -0.05) is 42.5 Å². The van der Waals surface area contributed by atoms with Gasteiger partial charge in [0.25, 0.3) is 5.91 Å². The van der Waals surface area contributed by atoms with Gasteiger partial charge >= 0.3 is 0 Å². The molecule has 2 rings (SSSR count). The lowest BCUT2D eigenvalue weighted by Gasteiger charge is -2.24. The molecular weight excluding hydrogens is 346 g/mol. The maximum Gasteiger partial charge on any atom is 0.261 e. The highest BCUT2D eigenvalue weighted by atomic mass is 32.1. The molecule has 0 atom stereocenters. The van der Waals surface area contributed by atoms with Crippen molar-refractivity contribution in [2.45, 2.75) is 12.8 Å². The van der Waals surface area contributed by atoms with Gasteiger partial charge in [-0.2, -0.15) is 5.26 Å². The van der Waals surface area contributed by atoms with Crippen molar-refractivity contribution in [2.24, 2.45) is 0 Å². The monoisotopic (exact) mass is 367 g/mol. The number of carbonyl (C=O) groups is 1. The average molecular weight is 367 g/mol. The predicted molar refractivity (Wildman–Crippen MR) is 105 cm³/mol. The van der Waals surface area contributed by atoms with Gasteiger partial charge in [0.15, 0.2) is 5.11 Å². The van der Waals surface area contributed by atoms with Gasteiger partial charge < -0.3 is 9.64 Å². The fourth-order valence-electron chi connectivity index (χ4n) is 2.48. The van der Waals surface area contributed by atoms with Gasteiger partial charge in [0.2, 0.25) is 0 Å². The first kappa shape index (κ1) is 19.4. The first-order valence-corrected chi connectivity index (χ1v) is 8.70. The Balaban J connectivity index is 2.03. The van der Waals surface area contributed by atoms with Gasteiger partial charge in [0.05, 0.1) is 25.2 Å². The second-order valence-electron chi connectivity index (χ2n) is 5.59. The Labute approximate surface area is 159 Å². The van der Waals surface area contributed by atoms with Crippen LogP contribution in [-0.4, -0.2) is 36.1 Å². The summed E-state index contributed by atoms with van der Waals surface area (Å²) in [6.45, 7) is 1.09. The normalized spacial score (nSPS) is 9.85. The lowest BCUT2D eigenvalue weighted by Crippen LogP contribution is -2.44. The van der Waals surface area contributed by atoms with Crippen molar-refractivity contribution in [3.8, 4) is 11.8 Å². The molecule has 26 heavy (non-hydrogen) atoms. The number of carbonyl (C=O) groups excluding carboxylic acids is 1. The highest BCUT2D eigenvalue weighted by Gasteiger charge is 2.16. The Morgan fingerprint density at radius 1 is 1.15 bits per heavy atom. The van der Waals surface area contributed by atoms with Gasteiger partial charge in [-0.05, 0) is 36.3 Å². The number of nitriles is 1. The number of thiocarbonyl (C=S) groups is 1. The molecule has 5 nitrogen and oxygen atoms in total. The number of hydrogen-bond acceptors (Lipinski definition) is 4. The van der Waals surface area contributed by atoms with E-state index < -0.39 is 0 Å². The molecule has 134 valence electrons. The minimum atomic E-state index is -0.325. The van der Waals surface area contributed by atoms with Crippen LogP contribution in [0.25, 0.3) is 0 Å². The van der Waals surface area contributed by atoms with Crippen molar-refractivity contribution in [1.82, 2.24) is 10.2 Å². The highest BCUT2D eigenvalue weighted by Crippen LogP contribution is 2.17. The summed E-state index contributed by atoms with van der Waals surface area (Å²) in [7, 11) is 1.52. The van der Waals surface area contributed by atoms with Crippen LogP contribution in [-0.2, 0) is 6.42 Å². The number of rotatable bonds is 7. The highest BCUT2D eigenvalue weighted by molar-refractivity contribution is 7.80. The minimum Gasteiger partial charge on any atom is -0.496 e. The molecule has 0 aliphatic carbocycles. The minimum absolute atomic E-state index is 0.312. The van der Waals surface area contributed by atoms with Crippen LogP contribution in [0.15, 0.2) is 54.6 Å². The fourth-order valence-corrected chi connectivity index (χ4v) is 2.76. The van der Waals surface area contributed by atoms with E-state index in [2.05, 4.69) is 11.4 Å². The summed E-state index contributed by atoms with van der Waals surface area (Å²) in [6, 6.07) is 19.1. The predicted octanol–water partition coefficient (Wildman–Crippen LogP) is 3.17. The molecule has 0 aliphatic heterocycles. The van der Waals surface area contributed by atoms with Crippen LogP contribution in [0.2, 0.25) is 0 Å². The zero-order valence-corrected chi connectivity index (χ0v) is 15.5. The summed E-state index contributed by atoms with van der Waals surface area (Å²) >= 11 is 5.40. The first-order chi connectivity index (χ1) is 12.7. The van der Waals surface area contributed by atoms with Crippen LogP contribution >= 0.6 is 12.2 Å². The van der Waals surface area contributed by atoms with Gasteiger partial charge in [-0.15, -0.1) is 0 Å². The molecule has 1 amide bonds. The van der Waals surface area contributed by atoms with E-state index in [-0.39, 0.29) is 5.91 Å². The molecule has 2 aromatic rings. The Bertz CT molecular complexity index is 787. The Kier molecular flexibility index (Phi) is 7.59.